The largest absolute Gasteiger partial charge is 0.352 e. The molecule has 1 rings (SSSR count). The third-order valence-electron chi connectivity index (χ3n) is 2.89. The van der Waals surface area contributed by atoms with Crippen LogP contribution in [0, 0.1) is 5.92 Å². The van der Waals surface area contributed by atoms with Crippen molar-refractivity contribution in [3.63, 3.8) is 0 Å². The minimum atomic E-state index is -0.0942. The van der Waals surface area contributed by atoms with Crippen molar-refractivity contribution in [1.29, 1.82) is 0 Å². The third-order valence-corrected chi connectivity index (χ3v) is 2.89. The summed E-state index contributed by atoms with van der Waals surface area (Å²) in [5, 5.41) is 8.76. The molecule has 0 heterocycles. The molecule has 1 atom stereocenters. The summed E-state index contributed by atoms with van der Waals surface area (Å²) in [6, 6.07) is 7.43. The number of carbonyl (C=O) groups is 2. The average Bonchev–Trinajstić information content (AvgIpc) is 2.43. The van der Waals surface area contributed by atoms with Crippen LogP contribution in [0.25, 0.3) is 0 Å². The highest BCUT2D eigenvalue weighted by Crippen LogP contribution is 2.09. The number of hydrogen-bond acceptors (Lipinski definition) is 3. The summed E-state index contributed by atoms with van der Waals surface area (Å²) in [6.45, 7) is 7.43. The maximum absolute atomic E-state index is 11.8. The van der Waals surface area contributed by atoms with E-state index in [4.69, 9.17) is 0 Å². The quantitative estimate of drug-likeness (QED) is 0.707. The zero-order valence-corrected chi connectivity index (χ0v) is 12.3. The third kappa shape index (κ3) is 5.84. The number of nitrogens with one attached hydrogen (secondary N) is 3. The van der Waals surface area contributed by atoms with Gasteiger partial charge in [0.2, 0.25) is 11.8 Å². The van der Waals surface area contributed by atoms with E-state index < -0.39 is 0 Å². The van der Waals surface area contributed by atoms with Crippen molar-refractivity contribution in [2.75, 3.05) is 18.4 Å². The molecule has 5 heteroatoms. The molecule has 0 aromatic heterocycles. The molecular formula is C15H23N3O2. The van der Waals surface area contributed by atoms with Gasteiger partial charge in [0.1, 0.15) is 0 Å². The Bertz CT molecular complexity index is 443. The van der Waals surface area contributed by atoms with Crippen LogP contribution in [0.4, 0.5) is 5.69 Å². The zero-order chi connectivity index (χ0) is 15.0. The lowest BCUT2D eigenvalue weighted by Gasteiger charge is -2.12. The molecule has 0 saturated carbocycles. The molecule has 0 spiro atoms. The number of carbonyl (C=O) groups excluding carboxylic acids is 2. The Morgan fingerprint density at radius 3 is 2.40 bits per heavy atom. The van der Waals surface area contributed by atoms with E-state index in [-0.39, 0.29) is 17.7 Å². The highest BCUT2D eigenvalue weighted by molar-refractivity contribution is 5.88. The van der Waals surface area contributed by atoms with E-state index in [1.807, 2.05) is 38.1 Å². The van der Waals surface area contributed by atoms with Crippen LogP contribution in [0.15, 0.2) is 24.3 Å². The molecule has 1 unspecified atom stereocenters. The molecule has 3 N–H and O–H groups in total. The van der Waals surface area contributed by atoms with Gasteiger partial charge in [-0.1, -0.05) is 26.0 Å². The summed E-state index contributed by atoms with van der Waals surface area (Å²) in [7, 11) is 0. The predicted octanol–water partition coefficient (Wildman–Crippen LogP) is 1.51. The lowest BCUT2D eigenvalue weighted by atomic mass is 10.1. The van der Waals surface area contributed by atoms with Crippen LogP contribution in [0.1, 0.15) is 26.3 Å². The van der Waals surface area contributed by atoms with Crippen molar-refractivity contribution in [3.8, 4) is 0 Å². The van der Waals surface area contributed by atoms with E-state index in [0.717, 1.165) is 17.8 Å². The molecule has 1 aromatic rings. The van der Waals surface area contributed by atoms with Gasteiger partial charge in [-0.15, -0.1) is 0 Å². The molecule has 1 aromatic carbocycles. The molecule has 0 aliphatic rings. The van der Waals surface area contributed by atoms with E-state index in [0.29, 0.717) is 13.1 Å². The number of amides is 2. The van der Waals surface area contributed by atoms with Crippen molar-refractivity contribution in [2.45, 2.75) is 27.3 Å². The Kier molecular flexibility index (Phi) is 6.73. The van der Waals surface area contributed by atoms with Crippen molar-refractivity contribution in [2.24, 2.45) is 5.92 Å². The first-order chi connectivity index (χ1) is 9.52. The van der Waals surface area contributed by atoms with E-state index in [1.165, 1.54) is 6.92 Å². The van der Waals surface area contributed by atoms with Gasteiger partial charge in [0.25, 0.3) is 0 Å². The molecule has 0 aliphatic heterocycles. The zero-order valence-electron chi connectivity index (χ0n) is 12.3. The minimum Gasteiger partial charge on any atom is -0.352 e. The van der Waals surface area contributed by atoms with Crippen LogP contribution in [-0.4, -0.2) is 24.9 Å². The smallest absolute Gasteiger partial charge is 0.224 e. The predicted molar refractivity (Wildman–Crippen MR) is 80.3 cm³/mol. The van der Waals surface area contributed by atoms with Crippen molar-refractivity contribution in [1.82, 2.24) is 10.6 Å². The Balaban J connectivity index is 2.41. The van der Waals surface area contributed by atoms with E-state index in [2.05, 4.69) is 16.0 Å². The molecule has 110 valence electrons. The SMILES string of the molecule is CCNCC(C)C(=O)NCc1ccc(NC(C)=O)cc1. The Hall–Kier alpha value is -1.88. The Morgan fingerprint density at radius 2 is 1.85 bits per heavy atom. The van der Waals surface area contributed by atoms with Gasteiger partial charge in [0.15, 0.2) is 0 Å². The molecule has 5 nitrogen and oxygen atoms in total. The van der Waals surface area contributed by atoms with Gasteiger partial charge in [-0.25, -0.2) is 0 Å². The lowest BCUT2D eigenvalue weighted by molar-refractivity contribution is -0.124. The summed E-state index contributed by atoms with van der Waals surface area (Å²) < 4.78 is 0. The maximum Gasteiger partial charge on any atom is 0.224 e. The van der Waals surface area contributed by atoms with Gasteiger partial charge in [0.05, 0.1) is 0 Å². The van der Waals surface area contributed by atoms with Gasteiger partial charge < -0.3 is 16.0 Å². The molecule has 20 heavy (non-hydrogen) atoms. The highest BCUT2D eigenvalue weighted by Gasteiger charge is 2.11. The first-order valence-corrected chi connectivity index (χ1v) is 6.88. The summed E-state index contributed by atoms with van der Waals surface area (Å²) >= 11 is 0. The Labute approximate surface area is 120 Å². The van der Waals surface area contributed by atoms with Gasteiger partial charge >= 0.3 is 0 Å². The van der Waals surface area contributed by atoms with Crippen LogP contribution in [0.2, 0.25) is 0 Å². The second-order valence-electron chi connectivity index (χ2n) is 4.80. The van der Waals surface area contributed by atoms with Crippen molar-refractivity contribution < 1.29 is 9.59 Å². The Morgan fingerprint density at radius 1 is 1.20 bits per heavy atom. The van der Waals surface area contributed by atoms with E-state index in [1.54, 1.807) is 0 Å². The standard InChI is InChI=1S/C15H23N3O2/c1-4-16-9-11(2)15(20)17-10-13-5-7-14(8-6-13)18-12(3)19/h5-8,11,16H,4,9-10H2,1-3H3,(H,17,20)(H,18,19). The first kappa shape index (κ1) is 16.2. The molecule has 2 amide bonds. The van der Waals surface area contributed by atoms with Crippen molar-refractivity contribution in [3.05, 3.63) is 29.8 Å². The molecule has 0 aliphatic carbocycles. The molecular weight excluding hydrogens is 254 g/mol. The van der Waals surface area contributed by atoms with Crippen LogP contribution in [0.5, 0.6) is 0 Å². The second kappa shape index (κ2) is 8.32. The van der Waals surface area contributed by atoms with Crippen LogP contribution < -0.4 is 16.0 Å². The number of hydrogen-bond donors (Lipinski definition) is 3. The van der Waals surface area contributed by atoms with Crippen molar-refractivity contribution >= 4 is 17.5 Å². The summed E-state index contributed by atoms with van der Waals surface area (Å²) in [4.78, 5) is 22.7. The summed E-state index contributed by atoms with van der Waals surface area (Å²) in [6.07, 6.45) is 0. The lowest BCUT2D eigenvalue weighted by Crippen LogP contribution is -2.34. The summed E-state index contributed by atoms with van der Waals surface area (Å²) in [5.41, 5.74) is 1.76. The number of anilines is 1. The average molecular weight is 277 g/mol. The normalized spacial score (nSPS) is 11.8. The van der Waals surface area contributed by atoms with E-state index in [9.17, 15) is 9.59 Å². The van der Waals surface area contributed by atoms with E-state index >= 15 is 0 Å². The minimum absolute atomic E-state index is 0.0388. The van der Waals surface area contributed by atoms with Gasteiger partial charge in [-0.2, -0.15) is 0 Å². The first-order valence-electron chi connectivity index (χ1n) is 6.88. The topological polar surface area (TPSA) is 70.2 Å². The monoisotopic (exact) mass is 277 g/mol. The fourth-order valence-electron chi connectivity index (χ4n) is 1.73. The fourth-order valence-corrected chi connectivity index (χ4v) is 1.73. The van der Waals surface area contributed by atoms with Crippen LogP contribution in [-0.2, 0) is 16.1 Å². The van der Waals surface area contributed by atoms with Crippen LogP contribution >= 0.6 is 0 Å². The van der Waals surface area contributed by atoms with Crippen LogP contribution in [0.3, 0.4) is 0 Å². The van der Waals surface area contributed by atoms with Gasteiger partial charge in [-0.05, 0) is 24.2 Å². The summed E-state index contributed by atoms with van der Waals surface area (Å²) in [5.74, 6) is -0.103. The fraction of sp³-hybridized carbons (Fsp3) is 0.467. The van der Waals surface area contributed by atoms with Gasteiger partial charge in [-0.3, -0.25) is 9.59 Å². The second-order valence-corrected chi connectivity index (χ2v) is 4.80. The number of benzene rings is 1. The molecule has 0 fully saturated rings. The molecule has 0 bridgehead atoms. The number of rotatable bonds is 7. The molecule has 0 radical (unpaired) electrons. The molecule has 0 saturated heterocycles. The highest BCUT2D eigenvalue weighted by atomic mass is 16.2. The maximum atomic E-state index is 11.8. The van der Waals surface area contributed by atoms with Gasteiger partial charge in [0, 0.05) is 31.6 Å².